The van der Waals surface area contributed by atoms with E-state index in [1.165, 1.54) is 63.6 Å². The van der Waals surface area contributed by atoms with E-state index in [1.54, 1.807) is 0 Å². The molecule has 0 radical (unpaired) electrons. The van der Waals surface area contributed by atoms with Gasteiger partial charge in [0.25, 0.3) is 0 Å². The van der Waals surface area contributed by atoms with E-state index in [9.17, 15) is 0 Å². The first-order chi connectivity index (χ1) is 8.92. The summed E-state index contributed by atoms with van der Waals surface area (Å²) in [7, 11) is 0. The van der Waals surface area contributed by atoms with Gasteiger partial charge in [0, 0.05) is 18.7 Å². The first-order valence-corrected chi connectivity index (χ1v) is 7.69. The molecule has 1 aromatic heterocycles. The maximum atomic E-state index is 4.80. The third kappa shape index (κ3) is 2.94. The Labute approximate surface area is 110 Å². The van der Waals surface area contributed by atoms with E-state index in [0.717, 1.165) is 6.42 Å². The molecule has 2 aliphatic rings. The van der Waals surface area contributed by atoms with Crippen molar-refractivity contribution in [1.82, 2.24) is 15.1 Å². The van der Waals surface area contributed by atoms with Gasteiger partial charge in [-0.15, -0.1) is 0 Å². The SMILES string of the molecule is c1cn(C2CCCCC2)nc1CC1CCCCN1. The average molecular weight is 247 g/mol. The standard InChI is InChI=1S/C15H25N3/c1-2-7-15(8-3-1)18-11-9-14(17-18)12-13-6-4-5-10-16-13/h9,11,13,15-16H,1-8,10,12H2. The zero-order chi connectivity index (χ0) is 12.2. The fourth-order valence-corrected chi connectivity index (χ4v) is 3.39. The summed E-state index contributed by atoms with van der Waals surface area (Å²) in [5, 5.41) is 8.41. The summed E-state index contributed by atoms with van der Waals surface area (Å²) in [5.74, 6) is 0. The predicted molar refractivity (Wildman–Crippen MR) is 73.7 cm³/mol. The average Bonchev–Trinajstić information content (AvgIpc) is 2.89. The van der Waals surface area contributed by atoms with Crippen molar-refractivity contribution in [2.24, 2.45) is 0 Å². The molecule has 1 saturated carbocycles. The normalized spacial score (nSPS) is 26.3. The Kier molecular flexibility index (Phi) is 3.99. The Hall–Kier alpha value is -0.830. The van der Waals surface area contributed by atoms with Gasteiger partial charge in [0.2, 0.25) is 0 Å². The molecule has 2 heterocycles. The van der Waals surface area contributed by atoms with Crippen LogP contribution in [-0.4, -0.2) is 22.4 Å². The van der Waals surface area contributed by atoms with Crippen molar-refractivity contribution >= 4 is 0 Å². The largest absolute Gasteiger partial charge is 0.314 e. The molecule has 1 N–H and O–H groups in total. The van der Waals surface area contributed by atoms with Crippen LogP contribution in [0.2, 0.25) is 0 Å². The Morgan fingerprint density at radius 2 is 1.94 bits per heavy atom. The molecule has 1 aliphatic heterocycles. The molecule has 1 saturated heterocycles. The van der Waals surface area contributed by atoms with Crippen molar-refractivity contribution in [3.8, 4) is 0 Å². The number of hydrogen-bond acceptors (Lipinski definition) is 2. The first kappa shape index (κ1) is 12.2. The number of piperidine rings is 1. The van der Waals surface area contributed by atoms with Gasteiger partial charge in [-0.25, -0.2) is 0 Å². The second-order valence-electron chi connectivity index (χ2n) is 5.93. The van der Waals surface area contributed by atoms with Crippen LogP contribution >= 0.6 is 0 Å². The van der Waals surface area contributed by atoms with Crippen molar-refractivity contribution in [1.29, 1.82) is 0 Å². The Morgan fingerprint density at radius 1 is 1.11 bits per heavy atom. The van der Waals surface area contributed by atoms with Crippen LogP contribution in [0.3, 0.4) is 0 Å². The van der Waals surface area contributed by atoms with Crippen LogP contribution in [0.5, 0.6) is 0 Å². The van der Waals surface area contributed by atoms with E-state index >= 15 is 0 Å². The summed E-state index contributed by atoms with van der Waals surface area (Å²) in [4.78, 5) is 0. The molecule has 3 heteroatoms. The Bertz CT molecular complexity index is 360. The van der Waals surface area contributed by atoms with Crippen LogP contribution in [0.4, 0.5) is 0 Å². The van der Waals surface area contributed by atoms with Gasteiger partial charge >= 0.3 is 0 Å². The molecule has 3 rings (SSSR count). The van der Waals surface area contributed by atoms with Gasteiger partial charge in [0.1, 0.15) is 0 Å². The second kappa shape index (κ2) is 5.87. The van der Waals surface area contributed by atoms with Crippen LogP contribution in [0.1, 0.15) is 63.1 Å². The maximum absolute atomic E-state index is 4.80. The number of nitrogens with zero attached hydrogens (tertiary/aromatic N) is 2. The van der Waals surface area contributed by atoms with Gasteiger partial charge < -0.3 is 5.32 Å². The lowest BCUT2D eigenvalue weighted by Gasteiger charge is -2.23. The summed E-state index contributed by atoms with van der Waals surface area (Å²) < 4.78 is 2.23. The molecule has 0 aromatic carbocycles. The molecule has 18 heavy (non-hydrogen) atoms. The lowest BCUT2D eigenvalue weighted by Crippen LogP contribution is -2.35. The maximum Gasteiger partial charge on any atom is 0.0640 e. The van der Waals surface area contributed by atoms with Crippen molar-refractivity contribution in [3.63, 3.8) is 0 Å². The van der Waals surface area contributed by atoms with Crippen molar-refractivity contribution in [2.45, 2.75) is 69.9 Å². The molecule has 100 valence electrons. The quantitative estimate of drug-likeness (QED) is 0.889. The molecule has 1 atom stereocenters. The molecule has 1 aliphatic carbocycles. The number of aromatic nitrogens is 2. The fourth-order valence-electron chi connectivity index (χ4n) is 3.39. The van der Waals surface area contributed by atoms with Crippen LogP contribution in [0.15, 0.2) is 12.3 Å². The molecule has 0 amide bonds. The minimum atomic E-state index is 0.661. The second-order valence-corrected chi connectivity index (χ2v) is 5.93. The van der Waals surface area contributed by atoms with E-state index in [0.29, 0.717) is 12.1 Å². The van der Waals surface area contributed by atoms with Crippen molar-refractivity contribution in [2.75, 3.05) is 6.54 Å². The Morgan fingerprint density at radius 3 is 2.72 bits per heavy atom. The van der Waals surface area contributed by atoms with E-state index in [-0.39, 0.29) is 0 Å². The number of hydrogen-bond donors (Lipinski definition) is 1. The highest BCUT2D eigenvalue weighted by molar-refractivity contribution is 5.03. The summed E-state index contributed by atoms with van der Waals surface area (Å²) >= 11 is 0. The lowest BCUT2D eigenvalue weighted by molar-refractivity contribution is 0.326. The fraction of sp³-hybridized carbons (Fsp3) is 0.800. The Balaban J connectivity index is 1.58. The van der Waals surface area contributed by atoms with Gasteiger partial charge in [-0.3, -0.25) is 4.68 Å². The van der Waals surface area contributed by atoms with E-state index in [1.807, 2.05) is 0 Å². The minimum absolute atomic E-state index is 0.661. The molecule has 0 spiro atoms. The topological polar surface area (TPSA) is 29.9 Å². The van der Waals surface area contributed by atoms with E-state index in [2.05, 4.69) is 22.3 Å². The van der Waals surface area contributed by atoms with E-state index in [4.69, 9.17) is 5.10 Å². The first-order valence-electron chi connectivity index (χ1n) is 7.69. The third-order valence-electron chi connectivity index (χ3n) is 4.48. The monoisotopic (exact) mass is 247 g/mol. The molecule has 3 nitrogen and oxygen atoms in total. The number of rotatable bonds is 3. The summed E-state index contributed by atoms with van der Waals surface area (Å²) in [6.07, 6.45) is 14.2. The van der Waals surface area contributed by atoms with Gasteiger partial charge in [-0.2, -0.15) is 5.10 Å². The van der Waals surface area contributed by atoms with Crippen LogP contribution in [0, 0.1) is 0 Å². The third-order valence-corrected chi connectivity index (χ3v) is 4.48. The molecule has 2 fully saturated rings. The molecule has 0 bridgehead atoms. The molecular formula is C15H25N3. The smallest absolute Gasteiger partial charge is 0.0640 e. The molecular weight excluding hydrogens is 222 g/mol. The minimum Gasteiger partial charge on any atom is -0.314 e. The summed E-state index contributed by atoms with van der Waals surface area (Å²) in [5.41, 5.74) is 1.28. The molecule has 1 unspecified atom stereocenters. The van der Waals surface area contributed by atoms with Crippen LogP contribution < -0.4 is 5.32 Å². The predicted octanol–water partition coefficient (Wildman–Crippen LogP) is 3.07. The highest BCUT2D eigenvalue weighted by Crippen LogP contribution is 2.27. The summed E-state index contributed by atoms with van der Waals surface area (Å²) in [6.45, 7) is 1.19. The van der Waals surface area contributed by atoms with Crippen molar-refractivity contribution in [3.05, 3.63) is 18.0 Å². The van der Waals surface area contributed by atoms with Gasteiger partial charge in [0.05, 0.1) is 11.7 Å². The number of nitrogens with one attached hydrogen (secondary N) is 1. The zero-order valence-corrected chi connectivity index (χ0v) is 11.3. The summed E-state index contributed by atoms with van der Waals surface area (Å²) in [6, 6.07) is 3.56. The van der Waals surface area contributed by atoms with Crippen LogP contribution in [-0.2, 0) is 6.42 Å². The van der Waals surface area contributed by atoms with Crippen LogP contribution in [0.25, 0.3) is 0 Å². The highest BCUT2D eigenvalue weighted by Gasteiger charge is 2.18. The van der Waals surface area contributed by atoms with Crippen molar-refractivity contribution < 1.29 is 0 Å². The highest BCUT2D eigenvalue weighted by atomic mass is 15.3. The van der Waals surface area contributed by atoms with E-state index < -0.39 is 0 Å². The van der Waals surface area contributed by atoms with Gasteiger partial charge in [0.15, 0.2) is 0 Å². The van der Waals surface area contributed by atoms with Gasteiger partial charge in [-0.05, 0) is 38.3 Å². The molecule has 1 aromatic rings. The lowest BCUT2D eigenvalue weighted by atomic mass is 9.96. The van der Waals surface area contributed by atoms with Gasteiger partial charge in [-0.1, -0.05) is 25.7 Å². The zero-order valence-electron chi connectivity index (χ0n) is 11.3.